The highest BCUT2D eigenvalue weighted by molar-refractivity contribution is 6.60. The van der Waals surface area contributed by atoms with Gasteiger partial charge in [-0.05, 0) is 12.8 Å². The molecule has 0 aromatic heterocycles. The molecule has 16 heavy (non-hydrogen) atoms. The zero-order valence-corrected chi connectivity index (χ0v) is 10.8. The standard InChI is InChI=1S/C9H19F3O3Si/c1-13-16(14-2,15-3)7-9(12)8(11)5-4-6-10/h8-9H,4-7H2,1-3H3. The number of hydrogen-bond donors (Lipinski definition) is 0. The first-order valence-electron chi connectivity index (χ1n) is 5.04. The summed E-state index contributed by atoms with van der Waals surface area (Å²) in [6.45, 7) is -0.644. The molecule has 0 saturated carbocycles. The van der Waals surface area contributed by atoms with Crippen molar-refractivity contribution in [3.8, 4) is 0 Å². The molecule has 0 radical (unpaired) electrons. The number of rotatable bonds is 9. The Balaban J connectivity index is 4.22. The van der Waals surface area contributed by atoms with Crippen LogP contribution in [0.2, 0.25) is 6.04 Å². The lowest BCUT2D eigenvalue weighted by Gasteiger charge is -2.26. The van der Waals surface area contributed by atoms with Crippen molar-refractivity contribution in [2.24, 2.45) is 0 Å². The average Bonchev–Trinajstić information content (AvgIpc) is 2.32. The highest BCUT2D eigenvalue weighted by Gasteiger charge is 2.43. The Morgan fingerprint density at radius 3 is 1.88 bits per heavy atom. The van der Waals surface area contributed by atoms with Gasteiger partial charge in [-0.25, -0.2) is 8.78 Å². The molecule has 0 rings (SSSR count). The molecule has 0 heterocycles. The molecule has 0 aliphatic heterocycles. The van der Waals surface area contributed by atoms with Gasteiger partial charge >= 0.3 is 8.80 Å². The minimum atomic E-state index is -3.09. The van der Waals surface area contributed by atoms with Crippen molar-refractivity contribution in [3.05, 3.63) is 0 Å². The van der Waals surface area contributed by atoms with Gasteiger partial charge in [0.15, 0.2) is 0 Å². The molecule has 7 heteroatoms. The van der Waals surface area contributed by atoms with Crippen LogP contribution in [0.15, 0.2) is 0 Å². The molecule has 0 bridgehead atoms. The molecule has 0 aliphatic rings. The van der Waals surface area contributed by atoms with E-state index >= 15 is 0 Å². The summed E-state index contributed by atoms with van der Waals surface area (Å²) in [6.07, 6.45) is -3.58. The van der Waals surface area contributed by atoms with E-state index in [0.29, 0.717) is 0 Å². The quantitative estimate of drug-likeness (QED) is 0.595. The molecule has 0 aliphatic carbocycles. The molecule has 0 fully saturated rings. The maximum Gasteiger partial charge on any atom is 0.503 e. The Morgan fingerprint density at radius 2 is 1.50 bits per heavy atom. The Hall–Kier alpha value is -0.113. The van der Waals surface area contributed by atoms with Crippen LogP contribution in [-0.4, -0.2) is 49.2 Å². The van der Waals surface area contributed by atoms with Gasteiger partial charge in [0.2, 0.25) is 0 Å². The normalized spacial score (nSPS) is 16.1. The van der Waals surface area contributed by atoms with Crippen molar-refractivity contribution in [2.45, 2.75) is 31.2 Å². The van der Waals surface area contributed by atoms with Crippen LogP contribution in [0.1, 0.15) is 12.8 Å². The zero-order chi connectivity index (χ0) is 12.6. The molecule has 98 valence electrons. The third kappa shape index (κ3) is 4.81. The minimum Gasteiger partial charge on any atom is -0.377 e. The molecular formula is C9H19F3O3Si. The highest BCUT2D eigenvalue weighted by atomic mass is 28.4. The highest BCUT2D eigenvalue weighted by Crippen LogP contribution is 2.23. The Morgan fingerprint density at radius 1 is 1.00 bits per heavy atom. The lowest BCUT2D eigenvalue weighted by atomic mass is 10.1. The van der Waals surface area contributed by atoms with Crippen LogP contribution in [0.4, 0.5) is 13.2 Å². The largest absolute Gasteiger partial charge is 0.503 e. The van der Waals surface area contributed by atoms with Crippen LogP contribution in [0.25, 0.3) is 0 Å². The Bertz CT molecular complexity index is 173. The SMILES string of the molecule is CO[Si](CC(F)C(F)CCCF)(OC)OC. The van der Waals surface area contributed by atoms with Crippen LogP contribution in [0, 0.1) is 0 Å². The molecule has 2 atom stereocenters. The van der Waals surface area contributed by atoms with Crippen LogP contribution in [-0.2, 0) is 13.3 Å². The lowest BCUT2D eigenvalue weighted by Crippen LogP contribution is -2.46. The van der Waals surface area contributed by atoms with Gasteiger partial charge in [-0.15, -0.1) is 0 Å². The molecule has 2 unspecified atom stereocenters. The molecule has 0 amide bonds. The predicted octanol–water partition coefficient (Wildman–Crippen LogP) is 2.29. The van der Waals surface area contributed by atoms with Crippen molar-refractivity contribution in [3.63, 3.8) is 0 Å². The van der Waals surface area contributed by atoms with E-state index in [1.807, 2.05) is 0 Å². The van der Waals surface area contributed by atoms with E-state index in [0.717, 1.165) is 0 Å². The summed E-state index contributed by atoms with van der Waals surface area (Å²) in [5.74, 6) is 0. The van der Waals surface area contributed by atoms with Crippen molar-refractivity contribution in [1.82, 2.24) is 0 Å². The van der Waals surface area contributed by atoms with E-state index in [9.17, 15) is 13.2 Å². The second kappa shape index (κ2) is 8.05. The molecule has 0 spiro atoms. The zero-order valence-electron chi connectivity index (χ0n) is 9.84. The summed E-state index contributed by atoms with van der Waals surface area (Å²) in [4.78, 5) is 0. The van der Waals surface area contributed by atoms with E-state index in [4.69, 9.17) is 13.3 Å². The van der Waals surface area contributed by atoms with Gasteiger partial charge in [-0.2, -0.15) is 0 Å². The van der Waals surface area contributed by atoms with Gasteiger partial charge < -0.3 is 13.3 Å². The van der Waals surface area contributed by atoms with Gasteiger partial charge in [-0.1, -0.05) is 0 Å². The summed E-state index contributed by atoms with van der Waals surface area (Å²) >= 11 is 0. The van der Waals surface area contributed by atoms with Gasteiger partial charge in [0.25, 0.3) is 0 Å². The summed E-state index contributed by atoms with van der Waals surface area (Å²) in [7, 11) is 0.911. The predicted molar refractivity (Wildman–Crippen MR) is 56.6 cm³/mol. The first kappa shape index (κ1) is 15.9. The van der Waals surface area contributed by atoms with E-state index < -0.39 is 27.8 Å². The van der Waals surface area contributed by atoms with Crippen molar-refractivity contribution in [1.29, 1.82) is 0 Å². The van der Waals surface area contributed by atoms with E-state index in [-0.39, 0.29) is 18.9 Å². The summed E-state index contributed by atoms with van der Waals surface area (Å²) in [5.41, 5.74) is 0. The third-order valence-electron chi connectivity index (χ3n) is 2.38. The molecular weight excluding hydrogens is 241 g/mol. The Labute approximate surface area is 95.2 Å². The molecule has 0 saturated heterocycles. The van der Waals surface area contributed by atoms with Crippen molar-refractivity contribution < 1.29 is 26.4 Å². The molecule has 3 nitrogen and oxygen atoms in total. The fraction of sp³-hybridized carbons (Fsp3) is 1.00. The third-order valence-corrected chi connectivity index (χ3v) is 5.14. The number of hydrogen-bond acceptors (Lipinski definition) is 3. The van der Waals surface area contributed by atoms with E-state index in [2.05, 4.69) is 0 Å². The minimum absolute atomic E-state index is 0.0170. The van der Waals surface area contributed by atoms with Crippen LogP contribution < -0.4 is 0 Å². The van der Waals surface area contributed by atoms with Gasteiger partial charge in [0.1, 0.15) is 12.3 Å². The van der Waals surface area contributed by atoms with Crippen LogP contribution >= 0.6 is 0 Å². The summed E-state index contributed by atoms with van der Waals surface area (Å²) in [5, 5.41) is 0. The monoisotopic (exact) mass is 260 g/mol. The number of halogens is 3. The first-order valence-corrected chi connectivity index (χ1v) is 6.98. The summed E-state index contributed by atoms with van der Waals surface area (Å²) < 4.78 is 53.4. The maximum absolute atomic E-state index is 13.5. The number of alkyl halides is 3. The van der Waals surface area contributed by atoms with Crippen molar-refractivity contribution in [2.75, 3.05) is 28.0 Å². The fourth-order valence-corrected chi connectivity index (χ4v) is 3.05. The Kier molecular flexibility index (Phi) is 7.99. The van der Waals surface area contributed by atoms with E-state index in [1.165, 1.54) is 21.3 Å². The van der Waals surface area contributed by atoms with Gasteiger partial charge in [0.05, 0.1) is 12.7 Å². The van der Waals surface area contributed by atoms with Gasteiger partial charge in [0, 0.05) is 21.3 Å². The molecule has 0 aromatic rings. The second-order valence-corrected chi connectivity index (χ2v) is 6.36. The molecule has 0 N–H and O–H groups in total. The fourth-order valence-electron chi connectivity index (χ4n) is 1.32. The topological polar surface area (TPSA) is 27.7 Å². The van der Waals surface area contributed by atoms with Crippen molar-refractivity contribution >= 4 is 8.80 Å². The lowest BCUT2D eigenvalue weighted by molar-refractivity contribution is 0.0947. The first-order chi connectivity index (χ1) is 7.55. The second-order valence-electron chi connectivity index (χ2n) is 3.36. The van der Waals surface area contributed by atoms with Gasteiger partial charge in [-0.3, -0.25) is 4.39 Å². The molecule has 0 aromatic carbocycles. The maximum atomic E-state index is 13.5. The summed E-state index contributed by atoms with van der Waals surface area (Å²) in [6, 6.07) is -0.260. The van der Waals surface area contributed by atoms with Crippen LogP contribution in [0.5, 0.6) is 0 Å². The van der Waals surface area contributed by atoms with E-state index in [1.54, 1.807) is 0 Å². The van der Waals surface area contributed by atoms with Crippen LogP contribution in [0.3, 0.4) is 0 Å². The average molecular weight is 260 g/mol. The smallest absolute Gasteiger partial charge is 0.377 e.